The minimum atomic E-state index is -3.58. The van der Waals surface area contributed by atoms with E-state index in [1.54, 1.807) is 18.2 Å². The molecule has 158 valence electrons. The molecule has 0 saturated carbocycles. The molecule has 0 spiro atoms. The molecule has 1 fully saturated rings. The average molecular weight is 410 g/mol. The number of nitrogens with zero attached hydrogens (tertiary/aromatic N) is 2. The van der Waals surface area contributed by atoms with Gasteiger partial charge in [-0.1, -0.05) is 33.8 Å². The SMILES string of the molecule is CCN(CC)S(=O)(=O)c1cccc(C(=O)NC(C)CN2CC(C)CC(C)C2)c1. The number of nitrogens with one attached hydrogen (secondary N) is 1. The van der Waals surface area contributed by atoms with Crippen LogP contribution in [0.1, 0.15) is 51.4 Å². The lowest BCUT2D eigenvalue weighted by atomic mass is 9.92. The standard InChI is InChI=1S/C21H35N3O3S/c1-6-24(7-2)28(26,27)20-10-8-9-19(12-20)21(25)22-18(5)15-23-13-16(3)11-17(4)14-23/h8-10,12,16-18H,6-7,11,13-15H2,1-5H3,(H,22,25). The fraction of sp³-hybridized carbons (Fsp3) is 0.667. The van der Waals surface area contributed by atoms with Crippen LogP contribution in [-0.2, 0) is 10.0 Å². The van der Waals surface area contributed by atoms with E-state index in [9.17, 15) is 13.2 Å². The molecule has 1 aliphatic heterocycles. The highest BCUT2D eigenvalue weighted by Gasteiger charge is 2.25. The van der Waals surface area contributed by atoms with Crippen LogP contribution in [0.2, 0.25) is 0 Å². The molecule has 2 rings (SSSR count). The van der Waals surface area contributed by atoms with E-state index in [1.807, 2.05) is 20.8 Å². The summed E-state index contributed by atoms with van der Waals surface area (Å²) in [4.78, 5) is 15.2. The second-order valence-corrected chi connectivity index (χ2v) is 10.1. The summed E-state index contributed by atoms with van der Waals surface area (Å²) in [6.45, 7) is 13.9. The Morgan fingerprint density at radius 2 is 1.82 bits per heavy atom. The monoisotopic (exact) mass is 409 g/mol. The highest BCUT2D eigenvalue weighted by atomic mass is 32.2. The third-order valence-electron chi connectivity index (χ3n) is 5.29. The molecule has 28 heavy (non-hydrogen) atoms. The maximum Gasteiger partial charge on any atom is 0.251 e. The fourth-order valence-electron chi connectivity index (χ4n) is 4.19. The maximum atomic E-state index is 12.7. The first-order chi connectivity index (χ1) is 13.2. The second-order valence-electron chi connectivity index (χ2n) is 8.16. The highest BCUT2D eigenvalue weighted by molar-refractivity contribution is 7.89. The van der Waals surface area contributed by atoms with Crippen molar-refractivity contribution in [1.29, 1.82) is 0 Å². The molecule has 1 N–H and O–H groups in total. The van der Waals surface area contributed by atoms with Crippen molar-refractivity contribution in [2.75, 3.05) is 32.7 Å². The lowest BCUT2D eigenvalue weighted by molar-refractivity contribution is 0.0904. The zero-order valence-corrected chi connectivity index (χ0v) is 18.6. The van der Waals surface area contributed by atoms with Gasteiger partial charge in [-0.15, -0.1) is 0 Å². The largest absolute Gasteiger partial charge is 0.348 e. The van der Waals surface area contributed by atoms with E-state index in [4.69, 9.17) is 0 Å². The number of carbonyl (C=O) groups excluding carboxylic acids is 1. The molecule has 0 aliphatic carbocycles. The van der Waals surface area contributed by atoms with Gasteiger partial charge >= 0.3 is 0 Å². The molecular weight excluding hydrogens is 374 g/mol. The van der Waals surface area contributed by atoms with E-state index in [1.165, 1.54) is 16.8 Å². The zero-order valence-electron chi connectivity index (χ0n) is 17.8. The van der Waals surface area contributed by atoms with Crippen LogP contribution in [0.4, 0.5) is 0 Å². The van der Waals surface area contributed by atoms with Crippen LogP contribution in [-0.4, -0.2) is 62.3 Å². The lowest BCUT2D eigenvalue weighted by Crippen LogP contribution is -2.47. The van der Waals surface area contributed by atoms with E-state index in [0.717, 1.165) is 19.6 Å². The Morgan fingerprint density at radius 1 is 1.21 bits per heavy atom. The Hall–Kier alpha value is -1.44. The van der Waals surface area contributed by atoms with E-state index in [0.29, 0.717) is 30.5 Å². The van der Waals surface area contributed by atoms with Crippen LogP contribution in [0.25, 0.3) is 0 Å². The van der Waals surface area contributed by atoms with Gasteiger partial charge in [0.2, 0.25) is 10.0 Å². The van der Waals surface area contributed by atoms with Gasteiger partial charge in [0.1, 0.15) is 0 Å². The molecule has 1 aromatic rings. The van der Waals surface area contributed by atoms with E-state index in [2.05, 4.69) is 24.1 Å². The number of carbonyl (C=O) groups is 1. The quantitative estimate of drug-likeness (QED) is 0.717. The first-order valence-electron chi connectivity index (χ1n) is 10.3. The summed E-state index contributed by atoms with van der Waals surface area (Å²) in [5, 5.41) is 3.02. The first-order valence-corrected chi connectivity index (χ1v) is 11.7. The van der Waals surface area contributed by atoms with Crippen LogP contribution in [0.3, 0.4) is 0 Å². The summed E-state index contributed by atoms with van der Waals surface area (Å²) in [7, 11) is -3.58. The fourth-order valence-corrected chi connectivity index (χ4v) is 5.70. The minimum absolute atomic E-state index is 0.00644. The van der Waals surface area contributed by atoms with Gasteiger partial charge in [-0.3, -0.25) is 4.79 Å². The summed E-state index contributed by atoms with van der Waals surface area (Å²) in [5.74, 6) is 1.12. The Labute approximate surface area is 170 Å². The number of hydrogen-bond acceptors (Lipinski definition) is 4. The Balaban J connectivity index is 2.04. The van der Waals surface area contributed by atoms with Crippen LogP contribution < -0.4 is 5.32 Å². The molecule has 6 nitrogen and oxygen atoms in total. The van der Waals surface area contributed by atoms with Crippen molar-refractivity contribution in [2.45, 2.75) is 52.0 Å². The lowest BCUT2D eigenvalue weighted by Gasteiger charge is -2.36. The van der Waals surface area contributed by atoms with Gasteiger partial charge in [-0.05, 0) is 43.4 Å². The van der Waals surface area contributed by atoms with Gasteiger partial charge in [0.05, 0.1) is 4.90 Å². The number of likely N-dealkylation sites (tertiary alicyclic amines) is 1. The molecule has 1 aliphatic rings. The molecule has 7 heteroatoms. The second kappa shape index (κ2) is 9.85. The molecule has 3 unspecified atom stereocenters. The van der Waals surface area contributed by atoms with Crippen LogP contribution in [0.15, 0.2) is 29.2 Å². The predicted octanol–water partition coefficient (Wildman–Crippen LogP) is 2.81. The van der Waals surface area contributed by atoms with Crippen LogP contribution >= 0.6 is 0 Å². The normalized spacial score (nSPS) is 22.2. The number of sulfonamides is 1. The van der Waals surface area contributed by atoms with Gasteiger partial charge < -0.3 is 10.2 Å². The Bertz CT molecular complexity index is 752. The number of benzene rings is 1. The van der Waals surface area contributed by atoms with Gasteiger partial charge in [0.25, 0.3) is 5.91 Å². The van der Waals surface area contributed by atoms with Gasteiger partial charge in [0, 0.05) is 44.3 Å². The first kappa shape index (κ1) is 22.8. The molecule has 1 saturated heterocycles. The van der Waals surface area contributed by atoms with Gasteiger partial charge in [-0.2, -0.15) is 4.31 Å². The Morgan fingerprint density at radius 3 is 2.39 bits per heavy atom. The molecule has 0 radical (unpaired) electrons. The van der Waals surface area contributed by atoms with Crippen molar-refractivity contribution < 1.29 is 13.2 Å². The molecule has 1 aromatic carbocycles. The number of rotatable bonds is 8. The van der Waals surface area contributed by atoms with E-state index >= 15 is 0 Å². The molecular formula is C21H35N3O3S. The number of piperidine rings is 1. The summed E-state index contributed by atoms with van der Waals surface area (Å²) in [6.07, 6.45) is 1.26. The topological polar surface area (TPSA) is 69.7 Å². The summed E-state index contributed by atoms with van der Waals surface area (Å²) < 4.78 is 26.8. The van der Waals surface area contributed by atoms with E-state index in [-0.39, 0.29) is 16.8 Å². The van der Waals surface area contributed by atoms with Crippen molar-refractivity contribution in [3.05, 3.63) is 29.8 Å². The zero-order chi connectivity index (χ0) is 20.9. The van der Waals surface area contributed by atoms with E-state index < -0.39 is 10.0 Å². The average Bonchev–Trinajstić information content (AvgIpc) is 2.61. The van der Waals surface area contributed by atoms with Crippen molar-refractivity contribution in [3.8, 4) is 0 Å². The predicted molar refractivity (Wildman–Crippen MR) is 113 cm³/mol. The summed E-state index contributed by atoms with van der Waals surface area (Å²) in [5.41, 5.74) is 0.375. The molecule has 0 bridgehead atoms. The highest BCUT2D eigenvalue weighted by Crippen LogP contribution is 2.21. The van der Waals surface area contributed by atoms with Crippen LogP contribution in [0, 0.1) is 11.8 Å². The molecule has 3 atom stereocenters. The number of amides is 1. The molecule has 0 aromatic heterocycles. The third-order valence-corrected chi connectivity index (χ3v) is 7.34. The summed E-state index contributed by atoms with van der Waals surface area (Å²) in [6, 6.07) is 6.30. The van der Waals surface area contributed by atoms with Crippen molar-refractivity contribution >= 4 is 15.9 Å². The van der Waals surface area contributed by atoms with Gasteiger partial charge in [-0.25, -0.2) is 8.42 Å². The Kier molecular flexibility index (Phi) is 8.04. The van der Waals surface area contributed by atoms with Crippen LogP contribution in [0.5, 0.6) is 0 Å². The third kappa shape index (κ3) is 5.78. The summed E-state index contributed by atoms with van der Waals surface area (Å²) >= 11 is 0. The van der Waals surface area contributed by atoms with Crippen molar-refractivity contribution in [2.24, 2.45) is 11.8 Å². The molecule has 1 amide bonds. The van der Waals surface area contributed by atoms with Crippen molar-refractivity contribution in [3.63, 3.8) is 0 Å². The van der Waals surface area contributed by atoms with Gasteiger partial charge in [0.15, 0.2) is 0 Å². The smallest absolute Gasteiger partial charge is 0.251 e. The molecule has 1 heterocycles. The van der Waals surface area contributed by atoms with Crippen molar-refractivity contribution in [1.82, 2.24) is 14.5 Å². The maximum absolute atomic E-state index is 12.7. The number of hydrogen-bond donors (Lipinski definition) is 1. The minimum Gasteiger partial charge on any atom is -0.348 e.